The molecule has 1 atom stereocenters. The van der Waals surface area contributed by atoms with Crippen LogP contribution in [0.1, 0.15) is 45.4 Å². The lowest BCUT2D eigenvalue weighted by molar-refractivity contribution is -0.137. The zero-order valence-electron chi connectivity index (χ0n) is 10.2. The van der Waals surface area contributed by atoms with Crippen LogP contribution in [-0.2, 0) is 14.8 Å². The fraction of sp³-hybridized carbons (Fsp3) is 0.909. The van der Waals surface area contributed by atoms with E-state index in [-0.39, 0.29) is 24.6 Å². The highest BCUT2D eigenvalue weighted by atomic mass is 32.2. The van der Waals surface area contributed by atoms with E-state index in [4.69, 9.17) is 5.11 Å². The van der Waals surface area contributed by atoms with Gasteiger partial charge in [-0.05, 0) is 32.1 Å². The summed E-state index contributed by atoms with van der Waals surface area (Å²) >= 11 is 0. The Hall–Kier alpha value is -0.620. The molecule has 1 rings (SSSR count). The van der Waals surface area contributed by atoms with Crippen molar-refractivity contribution < 1.29 is 18.3 Å². The lowest BCUT2D eigenvalue weighted by atomic mass is 10.0. The van der Waals surface area contributed by atoms with E-state index in [1.54, 1.807) is 0 Å². The summed E-state index contributed by atoms with van der Waals surface area (Å²) < 4.78 is 26.0. The molecular weight excluding hydrogens is 242 g/mol. The molecule has 1 fully saturated rings. The molecule has 6 heteroatoms. The summed E-state index contributed by atoms with van der Waals surface area (Å²) in [5.74, 6) is -0.621. The molecule has 0 aromatic carbocycles. The molecule has 1 aliphatic carbocycles. The molecule has 0 unspecified atom stereocenters. The van der Waals surface area contributed by atoms with Gasteiger partial charge in [-0.15, -0.1) is 0 Å². The second-order valence-corrected chi connectivity index (χ2v) is 6.64. The first kappa shape index (κ1) is 14.4. The van der Waals surface area contributed by atoms with Crippen molar-refractivity contribution in [1.29, 1.82) is 0 Å². The normalized spacial score (nSPS) is 19.4. The third-order valence-corrected chi connectivity index (χ3v) is 4.83. The summed E-state index contributed by atoms with van der Waals surface area (Å²) in [7, 11) is -3.33. The molecule has 2 N–H and O–H groups in total. The molecule has 1 aliphatic rings. The van der Waals surface area contributed by atoms with E-state index in [2.05, 4.69) is 4.72 Å². The highest BCUT2D eigenvalue weighted by Gasteiger charge is 2.24. The van der Waals surface area contributed by atoms with Gasteiger partial charge in [0.1, 0.15) is 0 Å². The van der Waals surface area contributed by atoms with E-state index in [1.165, 1.54) is 12.8 Å². The maximum atomic E-state index is 11.7. The second-order valence-electron chi connectivity index (χ2n) is 4.77. The number of carbonyl (C=O) groups is 1. The van der Waals surface area contributed by atoms with Gasteiger partial charge in [-0.3, -0.25) is 4.79 Å². The zero-order valence-corrected chi connectivity index (χ0v) is 11.0. The van der Waals surface area contributed by atoms with E-state index in [0.717, 1.165) is 12.8 Å². The van der Waals surface area contributed by atoms with Crippen molar-refractivity contribution in [2.45, 2.75) is 51.5 Å². The molecule has 0 aromatic heterocycles. The van der Waals surface area contributed by atoms with E-state index in [1.807, 2.05) is 6.92 Å². The Balaban J connectivity index is 2.34. The van der Waals surface area contributed by atoms with Gasteiger partial charge in [-0.1, -0.05) is 12.8 Å². The maximum absolute atomic E-state index is 11.7. The molecule has 0 bridgehead atoms. The van der Waals surface area contributed by atoms with Gasteiger partial charge in [0.25, 0.3) is 0 Å². The Labute approximate surface area is 103 Å². The predicted octanol–water partition coefficient (Wildman–Crippen LogP) is 1.35. The number of rotatable bonds is 7. The summed E-state index contributed by atoms with van der Waals surface area (Å²) in [6.07, 6.45) is 4.59. The molecule has 0 heterocycles. The maximum Gasteiger partial charge on any atom is 0.303 e. The van der Waals surface area contributed by atoms with Crippen molar-refractivity contribution in [3.8, 4) is 0 Å². The smallest absolute Gasteiger partial charge is 0.303 e. The van der Waals surface area contributed by atoms with Crippen LogP contribution in [-0.4, -0.2) is 31.3 Å². The summed E-state index contributed by atoms with van der Waals surface area (Å²) in [6.45, 7) is 1.89. The summed E-state index contributed by atoms with van der Waals surface area (Å²) in [5, 5.41) is 8.45. The van der Waals surface area contributed by atoms with Crippen molar-refractivity contribution in [2.75, 3.05) is 5.75 Å². The van der Waals surface area contributed by atoms with Gasteiger partial charge in [0.15, 0.2) is 0 Å². The fourth-order valence-corrected chi connectivity index (χ4v) is 3.71. The largest absolute Gasteiger partial charge is 0.481 e. The van der Waals surface area contributed by atoms with Crippen molar-refractivity contribution in [3.63, 3.8) is 0 Å². The Bertz CT molecular complexity index is 346. The highest BCUT2D eigenvalue weighted by Crippen LogP contribution is 2.27. The van der Waals surface area contributed by atoms with Crippen molar-refractivity contribution >= 4 is 16.0 Å². The molecule has 100 valence electrons. The first-order chi connectivity index (χ1) is 7.91. The van der Waals surface area contributed by atoms with Crippen molar-refractivity contribution in [2.24, 2.45) is 5.92 Å². The molecule has 5 nitrogen and oxygen atoms in total. The monoisotopic (exact) mass is 263 g/mol. The topological polar surface area (TPSA) is 83.5 Å². The van der Waals surface area contributed by atoms with Crippen LogP contribution in [0.15, 0.2) is 0 Å². The van der Waals surface area contributed by atoms with Crippen LogP contribution >= 0.6 is 0 Å². The third kappa shape index (κ3) is 5.50. The third-order valence-electron chi connectivity index (χ3n) is 3.28. The van der Waals surface area contributed by atoms with Crippen LogP contribution < -0.4 is 4.72 Å². The highest BCUT2D eigenvalue weighted by molar-refractivity contribution is 7.89. The van der Waals surface area contributed by atoms with Crippen LogP contribution in [0.2, 0.25) is 0 Å². The average Bonchev–Trinajstić information content (AvgIpc) is 2.68. The van der Waals surface area contributed by atoms with Gasteiger partial charge in [0, 0.05) is 12.5 Å². The molecular formula is C11H21NO4S. The molecule has 0 spiro atoms. The zero-order chi connectivity index (χ0) is 12.9. The Morgan fingerprint density at radius 3 is 2.53 bits per heavy atom. The van der Waals surface area contributed by atoms with Gasteiger partial charge in [0.2, 0.25) is 10.0 Å². The summed E-state index contributed by atoms with van der Waals surface area (Å²) in [4.78, 5) is 10.3. The molecule has 0 radical (unpaired) electrons. The molecule has 0 aromatic rings. The lowest BCUT2D eigenvalue weighted by Gasteiger charge is -2.20. The molecule has 0 aliphatic heterocycles. The van der Waals surface area contributed by atoms with E-state index in [0.29, 0.717) is 5.92 Å². The minimum absolute atomic E-state index is 0.0349. The number of carboxylic acids is 1. The standard InChI is InChI=1S/C11H21NO4S/c1-9(10-5-2-3-6-10)12-17(15,16)8-4-7-11(13)14/h9-10,12H,2-8H2,1H3,(H,13,14)/t9-/m0/s1. The van der Waals surface area contributed by atoms with Crippen LogP contribution in [0.4, 0.5) is 0 Å². The lowest BCUT2D eigenvalue weighted by Crippen LogP contribution is -2.38. The number of sulfonamides is 1. The van der Waals surface area contributed by atoms with Gasteiger partial charge in [-0.25, -0.2) is 13.1 Å². The molecule has 0 amide bonds. The van der Waals surface area contributed by atoms with Gasteiger partial charge >= 0.3 is 5.97 Å². The number of aliphatic carboxylic acids is 1. The van der Waals surface area contributed by atoms with Crippen LogP contribution in [0.5, 0.6) is 0 Å². The Morgan fingerprint density at radius 1 is 1.41 bits per heavy atom. The minimum atomic E-state index is -3.33. The summed E-state index contributed by atoms with van der Waals surface area (Å²) in [5.41, 5.74) is 0. The Kier molecular flexibility index (Phi) is 5.39. The summed E-state index contributed by atoms with van der Waals surface area (Å²) in [6, 6.07) is -0.0349. The van der Waals surface area contributed by atoms with Gasteiger partial charge < -0.3 is 5.11 Å². The number of hydrogen-bond donors (Lipinski definition) is 2. The first-order valence-corrected chi connectivity index (χ1v) is 7.78. The number of hydrogen-bond acceptors (Lipinski definition) is 3. The second kappa shape index (κ2) is 6.35. The van der Waals surface area contributed by atoms with E-state index >= 15 is 0 Å². The van der Waals surface area contributed by atoms with Crippen LogP contribution in [0.25, 0.3) is 0 Å². The Morgan fingerprint density at radius 2 is 2.00 bits per heavy atom. The predicted molar refractivity (Wildman–Crippen MR) is 65.2 cm³/mol. The minimum Gasteiger partial charge on any atom is -0.481 e. The van der Waals surface area contributed by atoms with E-state index < -0.39 is 16.0 Å². The van der Waals surface area contributed by atoms with Gasteiger partial charge in [0.05, 0.1) is 5.75 Å². The quantitative estimate of drug-likeness (QED) is 0.726. The van der Waals surface area contributed by atoms with Crippen LogP contribution in [0.3, 0.4) is 0 Å². The van der Waals surface area contributed by atoms with E-state index in [9.17, 15) is 13.2 Å². The van der Waals surface area contributed by atoms with Crippen LogP contribution in [0, 0.1) is 5.92 Å². The molecule has 17 heavy (non-hydrogen) atoms. The fourth-order valence-electron chi connectivity index (χ4n) is 2.31. The van der Waals surface area contributed by atoms with Gasteiger partial charge in [-0.2, -0.15) is 0 Å². The molecule has 0 saturated heterocycles. The first-order valence-electron chi connectivity index (χ1n) is 6.12. The molecule has 1 saturated carbocycles. The number of nitrogens with one attached hydrogen (secondary N) is 1. The van der Waals surface area contributed by atoms with Crippen molar-refractivity contribution in [3.05, 3.63) is 0 Å². The average molecular weight is 263 g/mol. The van der Waals surface area contributed by atoms with Crippen molar-refractivity contribution in [1.82, 2.24) is 4.72 Å². The SMILES string of the molecule is C[C@H](NS(=O)(=O)CCCC(=O)O)C1CCCC1. The number of carboxylic acid groups (broad SMARTS) is 1.